The Morgan fingerprint density at radius 3 is 2.43 bits per heavy atom. The van der Waals surface area contributed by atoms with Crippen LogP contribution in [0.4, 0.5) is 4.79 Å². The maximum Gasteiger partial charge on any atom is 0.335 e. The van der Waals surface area contributed by atoms with Gasteiger partial charge in [-0.2, -0.15) is 0 Å². The first-order valence-electron chi connectivity index (χ1n) is 7.17. The molecule has 1 N–H and O–H groups in total. The lowest BCUT2D eigenvalue weighted by molar-refractivity contribution is 0.0695. The van der Waals surface area contributed by atoms with Crippen LogP contribution in [0.2, 0.25) is 0 Å². The second kappa shape index (κ2) is 7.67. The summed E-state index contributed by atoms with van der Waals surface area (Å²) in [6.45, 7) is 4.53. The highest BCUT2D eigenvalue weighted by Gasteiger charge is 2.18. The minimum absolute atomic E-state index is 0.0443. The second-order valence-electron chi connectivity index (χ2n) is 5.28. The molecule has 0 bridgehead atoms. The quantitative estimate of drug-likeness (QED) is 0.877. The van der Waals surface area contributed by atoms with E-state index in [2.05, 4.69) is 0 Å². The average Bonchev–Trinajstić information content (AvgIpc) is 2.50. The summed E-state index contributed by atoms with van der Waals surface area (Å²) in [5, 5.41) is 9.14. The zero-order valence-corrected chi connectivity index (χ0v) is 13.2. The van der Waals surface area contributed by atoms with E-state index >= 15 is 0 Å². The molecule has 2 amide bonds. The third kappa shape index (κ3) is 4.48. The fraction of sp³-hybridized carbons (Fsp3) is 0.500. The van der Waals surface area contributed by atoms with Gasteiger partial charge in [-0.1, -0.05) is 25.1 Å². The van der Waals surface area contributed by atoms with Gasteiger partial charge < -0.3 is 14.9 Å². The number of hydrogen-bond acceptors (Lipinski definition) is 2. The van der Waals surface area contributed by atoms with E-state index in [0.717, 1.165) is 12.0 Å². The number of likely N-dealkylation sites (N-methyl/N-ethyl adjacent to an activating group) is 1. The highest BCUT2D eigenvalue weighted by atomic mass is 16.4. The van der Waals surface area contributed by atoms with Crippen molar-refractivity contribution in [3.05, 3.63) is 35.4 Å². The molecule has 1 atom stereocenters. The van der Waals surface area contributed by atoms with E-state index in [9.17, 15) is 9.59 Å². The summed E-state index contributed by atoms with van der Waals surface area (Å²) in [7, 11) is 3.53. The van der Waals surface area contributed by atoms with Crippen molar-refractivity contribution in [3.63, 3.8) is 0 Å². The number of rotatable bonds is 6. The van der Waals surface area contributed by atoms with E-state index in [0.29, 0.717) is 18.5 Å². The monoisotopic (exact) mass is 292 g/mol. The lowest BCUT2D eigenvalue weighted by Crippen LogP contribution is -2.43. The van der Waals surface area contributed by atoms with Crippen molar-refractivity contribution in [2.24, 2.45) is 0 Å². The van der Waals surface area contributed by atoms with Crippen LogP contribution < -0.4 is 0 Å². The summed E-state index contributed by atoms with van der Waals surface area (Å²) in [6.07, 6.45) is 1.43. The number of hydrogen-bond donors (Lipinski definition) is 1. The van der Waals surface area contributed by atoms with Gasteiger partial charge in [0.15, 0.2) is 0 Å². The Labute approximate surface area is 126 Å². The first-order chi connectivity index (χ1) is 9.88. The fourth-order valence-electron chi connectivity index (χ4n) is 2.06. The van der Waals surface area contributed by atoms with E-state index in [1.54, 1.807) is 42.1 Å². The molecule has 5 nitrogen and oxygen atoms in total. The third-order valence-corrected chi connectivity index (χ3v) is 3.84. The molecule has 1 rings (SSSR count). The molecule has 0 aliphatic carbocycles. The molecule has 0 fully saturated rings. The molecule has 21 heavy (non-hydrogen) atoms. The molecular weight excluding hydrogens is 268 g/mol. The second-order valence-corrected chi connectivity index (χ2v) is 5.28. The molecule has 0 heterocycles. The number of carbonyl (C=O) groups is 2. The van der Waals surface area contributed by atoms with Gasteiger partial charge in [0.05, 0.1) is 5.56 Å². The largest absolute Gasteiger partial charge is 0.478 e. The third-order valence-electron chi connectivity index (χ3n) is 3.84. The number of nitrogens with zero attached hydrogens (tertiary/aromatic N) is 2. The molecule has 0 radical (unpaired) electrons. The molecule has 0 spiro atoms. The summed E-state index contributed by atoms with van der Waals surface area (Å²) < 4.78 is 0. The minimum atomic E-state index is -0.934. The van der Waals surface area contributed by atoms with Crippen molar-refractivity contribution < 1.29 is 14.7 Å². The summed E-state index contributed by atoms with van der Waals surface area (Å²) in [6, 6.07) is 7.04. The average molecular weight is 292 g/mol. The van der Waals surface area contributed by atoms with Crippen LogP contribution in [-0.2, 0) is 6.42 Å². The maximum atomic E-state index is 12.2. The molecule has 0 aliphatic heterocycles. The Hall–Kier alpha value is -2.04. The Bertz CT molecular complexity index is 502. The number of carboxylic acid groups (broad SMARTS) is 1. The molecule has 1 aromatic carbocycles. The van der Waals surface area contributed by atoms with Crippen LogP contribution in [0, 0.1) is 0 Å². The highest BCUT2D eigenvalue weighted by molar-refractivity contribution is 5.89. The van der Waals surface area contributed by atoms with Gasteiger partial charge in [-0.25, -0.2) is 9.59 Å². The Morgan fingerprint density at radius 1 is 1.24 bits per heavy atom. The van der Waals surface area contributed by atoms with Crippen LogP contribution in [0.1, 0.15) is 36.2 Å². The molecular formula is C16H24N2O3. The zero-order chi connectivity index (χ0) is 16.0. The predicted molar refractivity (Wildman–Crippen MR) is 82.6 cm³/mol. The van der Waals surface area contributed by atoms with E-state index in [1.165, 1.54) is 0 Å². The van der Waals surface area contributed by atoms with E-state index < -0.39 is 5.97 Å². The number of benzene rings is 1. The first-order valence-corrected chi connectivity index (χ1v) is 7.17. The molecule has 5 heteroatoms. The number of urea groups is 1. The van der Waals surface area contributed by atoms with Gasteiger partial charge >= 0.3 is 12.0 Å². The van der Waals surface area contributed by atoms with Crippen molar-refractivity contribution >= 4 is 12.0 Å². The van der Waals surface area contributed by atoms with Crippen LogP contribution >= 0.6 is 0 Å². The number of carboxylic acids is 1. The van der Waals surface area contributed by atoms with Gasteiger partial charge in [0.25, 0.3) is 0 Å². The van der Waals surface area contributed by atoms with Gasteiger partial charge in [0.1, 0.15) is 0 Å². The molecule has 1 unspecified atom stereocenters. The van der Waals surface area contributed by atoms with E-state index in [4.69, 9.17) is 5.11 Å². The summed E-state index contributed by atoms with van der Waals surface area (Å²) in [5.41, 5.74) is 1.05. The Morgan fingerprint density at radius 2 is 1.86 bits per heavy atom. The molecule has 1 aromatic rings. The van der Waals surface area contributed by atoms with E-state index in [1.807, 2.05) is 19.9 Å². The number of aromatic carboxylic acids is 1. The normalized spacial score (nSPS) is 11.8. The summed E-state index contributed by atoms with van der Waals surface area (Å²) in [5.74, 6) is -0.934. The molecule has 0 saturated heterocycles. The first kappa shape index (κ1) is 17.0. The van der Waals surface area contributed by atoms with Crippen molar-refractivity contribution in [1.82, 2.24) is 9.80 Å². The van der Waals surface area contributed by atoms with Gasteiger partial charge in [-0.3, -0.25) is 0 Å². The van der Waals surface area contributed by atoms with Crippen LogP contribution in [0.5, 0.6) is 0 Å². The SMILES string of the molecule is CCC(C)N(C)C(=O)N(C)CCc1ccccc1C(=O)O. The summed E-state index contributed by atoms with van der Waals surface area (Å²) in [4.78, 5) is 26.7. The molecule has 0 aliphatic rings. The lowest BCUT2D eigenvalue weighted by Gasteiger charge is -2.29. The van der Waals surface area contributed by atoms with E-state index in [-0.39, 0.29) is 12.1 Å². The van der Waals surface area contributed by atoms with Crippen molar-refractivity contribution in [1.29, 1.82) is 0 Å². The zero-order valence-electron chi connectivity index (χ0n) is 13.2. The van der Waals surface area contributed by atoms with Crippen molar-refractivity contribution in [3.8, 4) is 0 Å². The lowest BCUT2D eigenvalue weighted by atomic mass is 10.0. The Balaban J connectivity index is 2.67. The van der Waals surface area contributed by atoms with Crippen LogP contribution in [0.3, 0.4) is 0 Å². The smallest absolute Gasteiger partial charge is 0.335 e. The fourth-order valence-corrected chi connectivity index (χ4v) is 2.06. The highest BCUT2D eigenvalue weighted by Crippen LogP contribution is 2.11. The number of amides is 2. The van der Waals surface area contributed by atoms with Crippen LogP contribution in [0.25, 0.3) is 0 Å². The molecule has 0 aromatic heterocycles. The predicted octanol–water partition coefficient (Wildman–Crippen LogP) is 2.71. The minimum Gasteiger partial charge on any atom is -0.478 e. The van der Waals surface area contributed by atoms with Gasteiger partial charge in [-0.05, 0) is 31.4 Å². The summed E-state index contributed by atoms with van der Waals surface area (Å²) >= 11 is 0. The topological polar surface area (TPSA) is 60.9 Å². The van der Waals surface area contributed by atoms with Gasteiger partial charge in [0.2, 0.25) is 0 Å². The standard InChI is InChI=1S/C16H24N2O3/c1-5-12(2)18(4)16(21)17(3)11-10-13-8-6-7-9-14(13)15(19)20/h6-9,12H,5,10-11H2,1-4H3,(H,19,20). The van der Waals surface area contributed by atoms with Gasteiger partial charge in [0, 0.05) is 26.7 Å². The van der Waals surface area contributed by atoms with Crippen molar-refractivity contribution in [2.75, 3.05) is 20.6 Å². The van der Waals surface area contributed by atoms with Gasteiger partial charge in [-0.15, -0.1) is 0 Å². The molecule has 0 saturated carbocycles. The van der Waals surface area contributed by atoms with Crippen LogP contribution in [0.15, 0.2) is 24.3 Å². The number of carbonyl (C=O) groups excluding carboxylic acids is 1. The maximum absolute atomic E-state index is 12.2. The molecule has 116 valence electrons. The van der Waals surface area contributed by atoms with Crippen LogP contribution in [-0.4, -0.2) is 53.6 Å². The van der Waals surface area contributed by atoms with Crippen molar-refractivity contribution in [2.45, 2.75) is 32.7 Å². The Kier molecular flexibility index (Phi) is 6.21.